The summed E-state index contributed by atoms with van der Waals surface area (Å²) >= 11 is 2.86. The molecule has 158 valence electrons. The zero-order chi connectivity index (χ0) is 21.8. The molecule has 0 spiro atoms. The van der Waals surface area contributed by atoms with E-state index in [4.69, 9.17) is 4.74 Å². The van der Waals surface area contributed by atoms with E-state index in [-0.39, 0.29) is 5.91 Å². The predicted octanol–water partition coefficient (Wildman–Crippen LogP) is 5.96. The molecular weight excluding hydrogens is 426 g/mol. The zero-order valence-electron chi connectivity index (χ0n) is 17.7. The van der Waals surface area contributed by atoms with Gasteiger partial charge < -0.3 is 4.74 Å². The van der Waals surface area contributed by atoms with Gasteiger partial charge in [-0.3, -0.25) is 9.69 Å². The molecule has 31 heavy (non-hydrogen) atoms. The number of carbonyl (C=O) groups excluding carboxylic acids is 1. The Morgan fingerprint density at radius 3 is 2.68 bits per heavy atom. The number of aromatic nitrogens is 1. The number of amides is 1. The number of aryl methyl sites for hydroxylation is 2. The molecule has 1 amide bonds. The first-order valence-electron chi connectivity index (χ1n) is 10.0. The van der Waals surface area contributed by atoms with Crippen LogP contribution in [0.5, 0.6) is 5.75 Å². The van der Waals surface area contributed by atoms with Crippen LogP contribution in [0.2, 0.25) is 0 Å². The van der Waals surface area contributed by atoms with Crippen LogP contribution in [-0.4, -0.2) is 27.5 Å². The Kier molecular flexibility index (Phi) is 6.53. The lowest BCUT2D eigenvalue weighted by atomic mass is 10.1. The minimum Gasteiger partial charge on any atom is -0.489 e. The lowest BCUT2D eigenvalue weighted by Gasteiger charge is -2.11. The van der Waals surface area contributed by atoms with Gasteiger partial charge in [-0.05, 0) is 61.9 Å². The number of hydrogen-bond acceptors (Lipinski definition) is 6. The van der Waals surface area contributed by atoms with Gasteiger partial charge in [0.25, 0.3) is 5.91 Å². The van der Waals surface area contributed by atoms with Crippen LogP contribution < -0.4 is 4.74 Å². The van der Waals surface area contributed by atoms with E-state index >= 15 is 0 Å². The van der Waals surface area contributed by atoms with Gasteiger partial charge in [-0.2, -0.15) is 4.99 Å². The third-order valence-corrected chi connectivity index (χ3v) is 6.54. The highest BCUT2D eigenvalue weighted by molar-refractivity contribution is 8.18. The van der Waals surface area contributed by atoms with Crippen molar-refractivity contribution in [1.29, 1.82) is 0 Å². The highest BCUT2D eigenvalue weighted by Gasteiger charge is 2.32. The summed E-state index contributed by atoms with van der Waals surface area (Å²) in [6, 6.07) is 16.1. The zero-order valence-corrected chi connectivity index (χ0v) is 19.3. The summed E-state index contributed by atoms with van der Waals surface area (Å²) in [4.78, 5) is 24.2. The smallest absolute Gasteiger partial charge is 0.266 e. The average Bonchev–Trinajstić information content (AvgIpc) is 3.30. The summed E-state index contributed by atoms with van der Waals surface area (Å²) in [6.07, 6.45) is 1.89. The molecular formula is C24H23N3O2S2. The minimum atomic E-state index is -0.0366. The van der Waals surface area contributed by atoms with Crippen LogP contribution in [0.25, 0.3) is 6.08 Å². The van der Waals surface area contributed by atoms with Crippen LogP contribution >= 0.6 is 23.1 Å². The maximum Gasteiger partial charge on any atom is 0.266 e. The van der Waals surface area contributed by atoms with Crippen molar-refractivity contribution in [2.75, 3.05) is 6.54 Å². The molecule has 0 aliphatic carbocycles. The van der Waals surface area contributed by atoms with Crippen molar-refractivity contribution >= 4 is 45.4 Å². The van der Waals surface area contributed by atoms with Gasteiger partial charge >= 0.3 is 0 Å². The Hall–Kier alpha value is -2.90. The Labute approximate surface area is 190 Å². The Balaban J connectivity index is 1.51. The highest BCUT2D eigenvalue weighted by atomic mass is 32.2. The first-order valence-corrected chi connectivity index (χ1v) is 11.7. The molecule has 0 atom stereocenters. The second-order valence-electron chi connectivity index (χ2n) is 7.17. The molecule has 7 heteroatoms. The van der Waals surface area contributed by atoms with Crippen molar-refractivity contribution in [1.82, 2.24) is 9.88 Å². The Morgan fingerprint density at radius 1 is 1.16 bits per heavy atom. The number of hydrogen-bond donors (Lipinski definition) is 0. The predicted molar refractivity (Wildman–Crippen MR) is 129 cm³/mol. The number of rotatable bonds is 6. The number of likely N-dealkylation sites (N-methyl/N-ethyl adjacent to an activating group) is 1. The van der Waals surface area contributed by atoms with E-state index < -0.39 is 0 Å². The number of thioether (sulfide) groups is 1. The van der Waals surface area contributed by atoms with Crippen molar-refractivity contribution in [2.24, 2.45) is 4.99 Å². The van der Waals surface area contributed by atoms with Gasteiger partial charge in [0.2, 0.25) is 5.13 Å². The summed E-state index contributed by atoms with van der Waals surface area (Å²) in [5.74, 6) is 0.732. The van der Waals surface area contributed by atoms with Crippen LogP contribution in [0.4, 0.5) is 5.13 Å². The van der Waals surface area contributed by atoms with Crippen molar-refractivity contribution in [3.63, 3.8) is 0 Å². The highest BCUT2D eigenvalue weighted by Crippen LogP contribution is 2.35. The monoisotopic (exact) mass is 449 g/mol. The number of aliphatic imine (C=N–C) groups is 1. The van der Waals surface area contributed by atoms with Crippen molar-refractivity contribution < 1.29 is 9.53 Å². The molecule has 0 bridgehead atoms. The van der Waals surface area contributed by atoms with E-state index in [1.54, 1.807) is 4.90 Å². The number of ether oxygens (including phenoxy) is 1. The molecule has 3 aromatic rings. The number of nitrogens with zero attached hydrogens (tertiary/aromatic N) is 3. The fraction of sp³-hybridized carbons (Fsp3) is 0.208. The Bertz CT molecular complexity index is 1150. The molecule has 1 aliphatic rings. The number of carbonyl (C=O) groups is 1. The average molecular weight is 450 g/mol. The number of benzene rings is 2. The molecule has 2 aromatic carbocycles. The van der Waals surface area contributed by atoms with E-state index in [1.165, 1.54) is 28.7 Å². The van der Waals surface area contributed by atoms with Gasteiger partial charge in [-0.15, -0.1) is 11.3 Å². The molecule has 0 N–H and O–H groups in total. The van der Waals surface area contributed by atoms with Gasteiger partial charge in [0.05, 0.1) is 10.6 Å². The van der Waals surface area contributed by atoms with Gasteiger partial charge in [-0.1, -0.05) is 42.0 Å². The molecule has 2 heterocycles. The normalized spacial score (nSPS) is 16.5. The molecule has 0 unspecified atom stereocenters. The number of amidine groups is 1. The van der Waals surface area contributed by atoms with Crippen LogP contribution in [-0.2, 0) is 11.4 Å². The third kappa shape index (κ3) is 5.24. The van der Waals surface area contributed by atoms with Crippen molar-refractivity contribution in [3.05, 3.63) is 81.2 Å². The molecule has 0 saturated carbocycles. The second-order valence-corrected chi connectivity index (χ2v) is 9.02. The molecule has 0 radical (unpaired) electrons. The number of thiazole rings is 1. The van der Waals surface area contributed by atoms with E-state index in [9.17, 15) is 4.79 Å². The lowest BCUT2D eigenvalue weighted by Crippen LogP contribution is -2.28. The fourth-order valence-electron chi connectivity index (χ4n) is 3.04. The third-order valence-electron chi connectivity index (χ3n) is 4.68. The van der Waals surface area contributed by atoms with Crippen LogP contribution in [0, 0.1) is 13.8 Å². The van der Waals surface area contributed by atoms with Gasteiger partial charge in [-0.25, -0.2) is 4.98 Å². The van der Waals surface area contributed by atoms with Gasteiger partial charge in [0.15, 0.2) is 5.17 Å². The summed E-state index contributed by atoms with van der Waals surface area (Å²) in [7, 11) is 0. The van der Waals surface area contributed by atoms with Crippen LogP contribution in [0.1, 0.15) is 29.3 Å². The van der Waals surface area contributed by atoms with Crippen molar-refractivity contribution in [2.45, 2.75) is 27.4 Å². The quantitative estimate of drug-likeness (QED) is 0.436. The van der Waals surface area contributed by atoms with Gasteiger partial charge in [0.1, 0.15) is 12.4 Å². The summed E-state index contributed by atoms with van der Waals surface area (Å²) in [6.45, 7) is 7.01. The molecule has 5 nitrogen and oxygen atoms in total. The molecule has 1 aromatic heterocycles. The second kappa shape index (κ2) is 9.49. The minimum absolute atomic E-state index is 0.0366. The Morgan fingerprint density at radius 2 is 1.97 bits per heavy atom. The molecule has 4 rings (SSSR count). The molecule has 1 saturated heterocycles. The lowest BCUT2D eigenvalue weighted by molar-refractivity contribution is -0.122. The van der Waals surface area contributed by atoms with Crippen LogP contribution in [0.15, 0.2) is 63.8 Å². The van der Waals surface area contributed by atoms with E-state index in [0.29, 0.717) is 28.4 Å². The standard InChI is InChI=1S/C24H23N3O2S2/c1-4-27-22(28)21(31-24(27)26-23-25-17(3)15-30-23)13-19-6-5-7-20(12-19)29-14-18-10-8-16(2)9-11-18/h5-13,15H,4,14H2,1-3H3/b21-13-,26-24+. The topological polar surface area (TPSA) is 54.8 Å². The largest absolute Gasteiger partial charge is 0.489 e. The van der Waals surface area contributed by atoms with E-state index in [1.807, 2.05) is 49.6 Å². The summed E-state index contributed by atoms with van der Waals surface area (Å²) < 4.78 is 5.95. The van der Waals surface area contributed by atoms with Gasteiger partial charge in [0, 0.05) is 11.9 Å². The van der Waals surface area contributed by atoms with E-state index in [0.717, 1.165) is 22.6 Å². The van der Waals surface area contributed by atoms with Crippen molar-refractivity contribution in [3.8, 4) is 5.75 Å². The molecule has 1 fully saturated rings. The molecule has 1 aliphatic heterocycles. The SMILES string of the molecule is CCN1C(=O)/C(=C/c2cccc(OCc3ccc(C)cc3)c2)S/C1=N/c1nc(C)cs1. The first-order chi connectivity index (χ1) is 15.0. The first kappa shape index (κ1) is 21.3. The summed E-state index contributed by atoms with van der Waals surface area (Å²) in [5.41, 5.74) is 4.19. The maximum atomic E-state index is 12.9. The summed E-state index contributed by atoms with van der Waals surface area (Å²) in [5, 5.41) is 3.29. The van der Waals surface area contributed by atoms with E-state index in [2.05, 4.69) is 41.2 Å². The van der Waals surface area contributed by atoms with Crippen LogP contribution in [0.3, 0.4) is 0 Å². The fourth-order valence-corrected chi connectivity index (χ4v) is 4.81. The maximum absolute atomic E-state index is 12.9.